The largest absolute Gasteiger partial charge is 0.338 e. The Morgan fingerprint density at radius 1 is 0.857 bits per heavy atom. The molecular weight excluding hydrogens is 266 g/mol. The molecule has 0 amide bonds. The van der Waals surface area contributed by atoms with Crippen LogP contribution in [-0.2, 0) is 0 Å². The first kappa shape index (κ1) is 14.5. The molecule has 116 valence electrons. The van der Waals surface area contributed by atoms with Gasteiger partial charge in [0.25, 0.3) is 0 Å². The lowest BCUT2D eigenvalue weighted by atomic mass is 10.2. The lowest BCUT2D eigenvalue weighted by Crippen LogP contribution is -2.51. The molecule has 0 aliphatic carbocycles. The number of hydrogen-bond donors (Lipinski definition) is 2. The van der Waals surface area contributed by atoms with Crippen LogP contribution >= 0.6 is 0 Å². The van der Waals surface area contributed by atoms with Gasteiger partial charge in [-0.3, -0.25) is 0 Å². The molecule has 2 atom stereocenters. The standard InChI is InChI=1S/C14H25N7/c1-10-8-20(6-4-15-10)13-17-12(3)18-14(19-13)21-7-5-16-11(2)9-21/h10-11,15-16H,4-9H2,1-3H3. The van der Waals surface area contributed by atoms with Crippen LogP contribution in [0, 0.1) is 6.92 Å². The highest BCUT2D eigenvalue weighted by atomic mass is 15.4. The molecule has 0 radical (unpaired) electrons. The van der Waals surface area contributed by atoms with Crippen LogP contribution < -0.4 is 20.4 Å². The van der Waals surface area contributed by atoms with Gasteiger partial charge in [0.15, 0.2) is 0 Å². The second kappa shape index (κ2) is 6.11. The van der Waals surface area contributed by atoms with Gasteiger partial charge in [-0.25, -0.2) is 0 Å². The van der Waals surface area contributed by atoms with Crippen molar-refractivity contribution >= 4 is 11.9 Å². The number of piperazine rings is 2. The van der Waals surface area contributed by atoms with Gasteiger partial charge >= 0.3 is 0 Å². The van der Waals surface area contributed by atoms with Gasteiger partial charge in [-0.1, -0.05) is 0 Å². The van der Waals surface area contributed by atoms with E-state index in [0.717, 1.165) is 57.0 Å². The van der Waals surface area contributed by atoms with E-state index in [1.165, 1.54) is 0 Å². The van der Waals surface area contributed by atoms with Crippen LogP contribution in [0.1, 0.15) is 19.7 Å². The number of aryl methyl sites for hydroxylation is 1. The maximum atomic E-state index is 4.72. The molecule has 0 spiro atoms. The highest BCUT2D eigenvalue weighted by Crippen LogP contribution is 2.16. The summed E-state index contributed by atoms with van der Waals surface area (Å²) in [7, 11) is 0. The molecule has 2 aliphatic heterocycles. The van der Waals surface area contributed by atoms with Crippen molar-refractivity contribution in [3.05, 3.63) is 5.82 Å². The van der Waals surface area contributed by atoms with Gasteiger partial charge in [-0.2, -0.15) is 15.0 Å². The SMILES string of the molecule is Cc1nc(N2CCNC(C)C2)nc(N2CCNC(C)C2)n1. The fourth-order valence-electron chi connectivity index (χ4n) is 2.96. The molecule has 0 aromatic carbocycles. The summed E-state index contributed by atoms with van der Waals surface area (Å²) < 4.78 is 0. The lowest BCUT2D eigenvalue weighted by Gasteiger charge is -2.34. The topological polar surface area (TPSA) is 69.2 Å². The van der Waals surface area contributed by atoms with Crippen molar-refractivity contribution in [1.82, 2.24) is 25.6 Å². The van der Waals surface area contributed by atoms with Gasteiger partial charge in [0.1, 0.15) is 5.82 Å². The number of hydrogen-bond acceptors (Lipinski definition) is 7. The number of rotatable bonds is 2. The Balaban J connectivity index is 1.82. The van der Waals surface area contributed by atoms with E-state index >= 15 is 0 Å². The minimum Gasteiger partial charge on any atom is -0.338 e. The van der Waals surface area contributed by atoms with Crippen LogP contribution in [-0.4, -0.2) is 66.3 Å². The van der Waals surface area contributed by atoms with Crippen LogP contribution in [0.5, 0.6) is 0 Å². The van der Waals surface area contributed by atoms with Crippen molar-refractivity contribution in [2.75, 3.05) is 49.1 Å². The van der Waals surface area contributed by atoms with Crippen molar-refractivity contribution in [3.8, 4) is 0 Å². The van der Waals surface area contributed by atoms with E-state index < -0.39 is 0 Å². The highest BCUT2D eigenvalue weighted by Gasteiger charge is 2.22. The number of nitrogens with one attached hydrogen (secondary N) is 2. The van der Waals surface area contributed by atoms with Gasteiger partial charge in [0.2, 0.25) is 11.9 Å². The fourth-order valence-corrected chi connectivity index (χ4v) is 2.96. The number of aromatic nitrogens is 3. The van der Waals surface area contributed by atoms with Crippen LogP contribution in [0.25, 0.3) is 0 Å². The van der Waals surface area contributed by atoms with Gasteiger partial charge < -0.3 is 20.4 Å². The smallest absolute Gasteiger partial charge is 0.230 e. The predicted octanol–water partition coefficient (Wildman–Crippen LogP) is -0.224. The third kappa shape index (κ3) is 3.41. The molecule has 2 fully saturated rings. The van der Waals surface area contributed by atoms with Crippen LogP contribution in [0.4, 0.5) is 11.9 Å². The van der Waals surface area contributed by atoms with Gasteiger partial charge in [-0.15, -0.1) is 0 Å². The van der Waals surface area contributed by atoms with E-state index in [1.54, 1.807) is 0 Å². The molecule has 3 heterocycles. The first-order valence-corrected chi connectivity index (χ1v) is 7.81. The first-order chi connectivity index (χ1) is 10.1. The van der Waals surface area contributed by atoms with Gasteiger partial charge in [0, 0.05) is 51.4 Å². The van der Waals surface area contributed by atoms with Crippen molar-refractivity contribution in [1.29, 1.82) is 0 Å². The third-order valence-corrected chi connectivity index (χ3v) is 4.03. The molecule has 2 N–H and O–H groups in total. The lowest BCUT2D eigenvalue weighted by molar-refractivity contribution is 0.471. The minimum atomic E-state index is 0.471. The summed E-state index contributed by atoms with van der Waals surface area (Å²) >= 11 is 0. The number of anilines is 2. The highest BCUT2D eigenvalue weighted by molar-refractivity contribution is 5.40. The van der Waals surface area contributed by atoms with Crippen LogP contribution in [0.2, 0.25) is 0 Å². The Hall–Kier alpha value is -1.47. The quantitative estimate of drug-likeness (QED) is 0.780. The molecular formula is C14H25N7. The Morgan fingerprint density at radius 2 is 1.33 bits per heavy atom. The van der Waals surface area contributed by atoms with Gasteiger partial charge in [-0.05, 0) is 20.8 Å². The van der Waals surface area contributed by atoms with Gasteiger partial charge in [0.05, 0.1) is 0 Å². The maximum Gasteiger partial charge on any atom is 0.230 e. The maximum absolute atomic E-state index is 4.72. The summed E-state index contributed by atoms with van der Waals surface area (Å²) in [5.41, 5.74) is 0. The second-order valence-electron chi connectivity index (χ2n) is 6.08. The molecule has 2 saturated heterocycles. The van der Waals surface area contributed by atoms with E-state index in [0.29, 0.717) is 12.1 Å². The Bertz CT molecular complexity index is 452. The molecule has 21 heavy (non-hydrogen) atoms. The molecule has 2 unspecified atom stereocenters. The van der Waals surface area contributed by atoms with E-state index in [2.05, 4.69) is 44.2 Å². The zero-order valence-electron chi connectivity index (χ0n) is 13.1. The van der Waals surface area contributed by atoms with Crippen molar-refractivity contribution in [2.45, 2.75) is 32.9 Å². The average molecular weight is 291 g/mol. The third-order valence-electron chi connectivity index (χ3n) is 4.03. The summed E-state index contributed by atoms with van der Waals surface area (Å²) in [6.07, 6.45) is 0. The van der Waals surface area contributed by atoms with Crippen molar-refractivity contribution < 1.29 is 0 Å². The summed E-state index contributed by atoms with van der Waals surface area (Å²) in [4.78, 5) is 18.3. The zero-order valence-corrected chi connectivity index (χ0v) is 13.1. The van der Waals surface area contributed by atoms with Crippen LogP contribution in [0.3, 0.4) is 0 Å². The molecule has 1 aromatic heterocycles. The molecule has 7 nitrogen and oxygen atoms in total. The second-order valence-corrected chi connectivity index (χ2v) is 6.08. The molecule has 2 aliphatic rings. The summed E-state index contributed by atoms with van der Waals surface area (Å²) in [6.45, 7) is 12.1. The van der Waals surface area contributed by atoms with E-state index in [1.807, 2.05) is 6.92 Å². The normalized spacial score (nSPS) is 27.0. The molecule has 1 aromatic rings. The monoisotopic (exact) mass is 291 g/mol. The Kier molecular flexibility index (Phi) is 4.21. The first-order valence-electron chi connectivity index (χ1n) is 7.81. The van der Waals surface area contributed by atoms with Crippen molar-refractivity contribution in [2.24, 2.45) is 0 Å². The van der Waals surface area contributed by atoms with Crippen molar-refractivity contribution in [3.63, 3.8) is 0 Å². The summed E-state index contributed by atoms with van der Waals surface area (Å²) in [5.74, 6) is 2.43. The molecule has 3 rings (SSSR count). The summed E-state index contributed by atoms with van der Waals surface area (Å²) in [6, 6.07) is 0.942. The van der Waals surface area contributed by atoms with E-state index in [-0.39, 0.29) is 0 Å². The minimum absolute atomic E-state index is 0.471. The number of nitrogens with zero attached hydrogens (tertiary/aromatic N) is 5. The fraction of sp³-hybridized carbons (Fsp3) is 0.786. The Labute approximate surface area is 126 Å². The zero-order chi connectivity index (χ0) is 14.8. The molecule has 0 saturated carbocycles. The molecule has 0 bridgehead atoms. The predicted molar refractivity (Wildman–Crippen MR) is 83.9 cm³/mol. The average Bonchev–Trinajstić information content (AvgIpc) is 2.46. The summed E-state index contributed by atoms with van der Waals surface area (Å²) in [5, 5.41) is 6.90. The molecule has 7 heteroatoms. The Morgan fingerprint density at radius 3 is 1.76 bits per heavy atom. The van der Waals surface area contributed by atoms with E-state index in [9.17, 15) is 0 Å². The van der Waals surface area contributed by atoms with E-state index in [4.69, 9.17) is 4.98 Å². The van der Waals surface area contributed by atoms with Crippen LogP contribution in [0.15, 0.2) is 0 Å².